The van der Waals surface area contributed by atoms with E-state index in [0.29, 0.717) is 60.4 Å². The van der Waals surface area contributed by atoms with Crippen molar-refractivity contribution < 1.29 is 24.2 Å². The highest BCUT2D eigenvalue weighted by Gasteiger charge is 2.43. The molecule has 1 amide bonds. The number of aliphatic hydroxyl groups excluding tert-OH is 1. The number of aryl methyl sites for hydroxylation is 1. The standard InChI is InChI=1S/C27H28ClN3O5/c1-3-35-21-11-8-19(16-22(21)36-4-2)24-23(25(32)18-6-9-20(28)10-7-18)26(33)27(34)31(24)14-5-13-30-15-12-29-17-30/h6-12,15-17,24,33H,3-5,13-14H2,1-2H3. The molecule has 1 aliphatic heterocycles. The van der Waals surface area contributed by atoms with Gasteiger partial charge in [-0.15, -0.1) is 0 Å². The van der Waals surface area contributed by atoms with Crippen molar-refractivity contribution in [2.24, 2.45) is 0 Å². The third kappa shape index (κ3) is 5.23. The molecule has 0 fully saturated rings. The van der Waals surface area contributed by atoms with E-state index < -0.39 is 23.5 Å². The van der Waals surface area contributed by atoms with Crippen LogP contribution in [0.4, 0.5) is 0 Å². The molecular weight excluding hydrogens is 482 g/mol. The van der Waals surface area contributed by atoms with Crippen LogP contribution in [0.15, 0.2) is 72.5 Å². The Labute approximate surface area is 214 Å². The largest absolute Gasteiger partial charge is 0.503 e. The molecule has 0 spiro atoms. The van der Waals surface area contributed by atoms with Crippen LogP contribution in [0.3, 0.4) is 0 Å². The van der Waals surface area contributed by atoms with Gasteiger partial charge in [-0.25, -0.2) is 4.98 Å². The molecule has 1 unspecified atom stereocenters. The Morgan fingerprint density at radius 2 is 1.78 bits per heavy atom. The smallest absolute Gasteiger partial charge is 0.290 e. The second kappa shape index (κ2) is 11.3. The van der Waals surface area contributed by atoms with Crippen molar-refractivity contribution in [2.45, 2.75) is 32.9 Å². The Hall–Kier alpha value is -3.78. The second-order valence-corrected chi connectivity index (χ2v) is 8.66. The SMILES string of the molecule is CCOc1ccc(C2C(C(=O)c3ccc(Cl)cc3)=C(O)C(=O)N2CCCn2ccnc2)cc1OCC. The lowest BCUT2D eigenvalue weighted by atomic mass is 9.92. The fraction of sp³-hybridized carbons (Fsp3) is 0.296. The lowest BCUT2D eigenvalue weighted by molar-refractivity contribution is -0.129. The first kappa shape index (κ1) is 25.3. The van der Waals surface area contributed by atoms with Gasteiger partial charge in [0.15, 0.2) is 23.0 Å². The molecule has 0 saturated carbocycles. The van der Waals surface area contributed by atoms with Gasteiger partial charge in [0.05, 0.1) is 31.2 Å². The molecule has 1 aromatic heterocycles. The number of carbonyl (C=O) groups is 2. The summed E-state index contributed by atoms with van der Waals surface area (Å²) in [5, 5.41) is 11.4. The highest BCUT2D eigenvalue weighted by Crippen LogP contribution is 2.42. The summed E-state index contributed by atoms with van der Waals surface area (Å²) in [6, 6.07) is 10.9. The lowest BCUT2D eigenvalue weighted by Crippen LogP contribution is -2.32. The average molecular weight is 510 g/mol. The molecule has 1 aliphatic rings. The third-order valence-corrected chi connectivity index (χ3v) is 6.16. The van der Waals surface area contributed by atoms with Crippen molar-refractivity contribution in [1.29, 1.82) is 0 Å². The molecule has 0 saturated heterocycles. The summed E-state index contributed by atoms with van der Waals surface area (Å²) in [6.07, 6.45) is 5.84. The van der Waals surface area contributed by atoms with Crippen LogP contribution in [0.1, 0.15) is 42.2 Å². The molecule has 1 N–H and O–H groups in total. The monoisotopic (exact) mass is 509 g/mol. The number of imidazole rings is 1. The fourth-order valence-corrected chi connectivity index (χ4v) is 4.43. The second-order valence-electron chi connectivity index (χ2n) is 8.23. The van der Waals surface area contributed by atoms with Crippen molar-refractivity contribution in [3.63, 3.8) is 0 Å². The Balaban J connectivity index is 1.73. The fourth-order valence-electron chi connectivity index (χ4n) is 4.30. The summed E-state index contributed by atoms with van der Waals surface area (Å²) < 4.78 is 13.4. The van der Waals surface area contributed by atoms with Gasteiger partial charge in [0, 0.05) is 36.1 Å². The number of ether oxygens (including phenoxy) is 2. The number of carbonyl (C=O) groups excluding carboxylic acids is 2. The third-order valence-electron chi connectivity index (χ3n) is 5.91. The van der Waals surface area contributed by atoms with Crippen LogP contribution >= 0.6 is 11.6 Å². The molecule has 0 aliphatic carbocycles. The maximum absolute atomic E-state index is 13.6. The molecule has 8 nitrogen and oxygen atoms in total. The summed E-state index contributed by atoms with van der Waals surface area (Å²) >= 11 is 6.00. The van der Waals surface area contributed by atoms with Crippen molar-refractivity contribution in [2.75, 3.05) is 19.8 Å². The molecule has 2 aromatic carbocycles. The van der Waals surface area contributed by atoms with E-state index in [1.54, 1.807) is 55.0 Å². The number of benzene rings is 2. The molecule has 1 atom stereocenters. The first-order chi connectivity index (χ1) is 17.4. The Kier molecular flexibility index (Phi) is 7.95. The lowest BCUT2D eigenvalue weighted by Gasteiger charge is -2.27. The summed E-state index contributed by atoms with van der Waals surface area (Å²) in [5.74, 6) is -0.499. The molecule has 36 heavy (non-hydrogen) atoms. The van der Waals surface area contributed by atoms with Crippen molar-refractivity contribution in [3.05, 3.63) is 88.7 Å². The zero-order valence-electron chi connectivity index (χ0n) is 20.2. The van der Waals surface area contributed by atoms with Crippen LogP contribution in [0.2, 0.25) is 5.02 Å². The Morgan fingerprint density at radius 3 is 2.44 bits per heavy atom. The van der Waals surface area contributed by atoms with Gasteiger partial charge in [0.2, 0.25) is 0 Å². The van der Waals surface area contributed by atoms with Crippen molar-refractivity contribution in [3.8, 4) is 11.5 Å². The van der Waals surface area contributed by atoms with Crippen LogP contribution in [0, 0.1) is 0 Å². The van der Waals surface area contributed by atoms with Crippen LogP contribution in [-0.4, -0.2) is 51.0 Å². The van der Waals surface area contributed by atoms with Crippen LogP contribution in [-0.2, 0) is 11.3 Å². The van der Waals surface area contributed by atoms with E-state index >= 15 is 0 Å². The van der Waals surface area contributed by atoms with Gasteiger partial charge in [0.25, 0.3) is 5.91 Å². The van der Waals surface area contributed by atoms with E-state index in [4.69, 9.17) is 21.1 Å². The van der Waals surface area contributed by atoms with Crippen LogP contribution < -0.4 is 9.47 Å². The zero-order valence-corrected chi connectivity index (χ0v) is 20.9. The van der Waals surface area contributed by atoms with Gasteiger partial charge in [0.1, 0.15) is 0 Å². The molecule has 2 heterocycles. The number of hydrogen-bond acceptors (Lipinski definition) is 6. The predicted octanol–water partition coefficient (Wildman–Crippen LogP) is 5.00. The van der Waals surface area contributed by atoms with E-state index in [2.05, 4.69) is 4.98 Å². The summed E-state index contributed by atoms with van der Waals surface area (Å²) in [4.78, 5) is 32.4. The van der Waals surface area contributed by atoms with Crippen LogP contribution in [0.25, 0.3) is 0 Å². The van der Waals surface area contributed by atoms with Gasteiger partial charge < -0.3 is 24.0 Å². The molecule has 3 aromatic rings. The first-order valence-electron chi connectivity index (χ1n) is 11.8. The van der Waals surface area contributed by atoms with E-state index in [1.165, 1.54) is 4.90 Å². The number of rotatable bonds is 11. The number of nitrogens with zero attached hydrogens (tertiary/aromatic N) is 3. The number of Topliss-reactive ketones (excluding diaryl/α,β-unsaturated/α-hetero) is 1. The number of aliphatic hydroxyl groups is 1. The number of aromatic nitrogens is 2. The Morgan fingerprint density at radius 1 is 1.06 bits per heavy atom. The van der Waals surface area contributed by atoms with E-state index in [9.17, 15) is 14.7 Å². The molecule has 9 heteroatoms. The number of hydrogen-bond donors (Lipinski definition) is 1. The average Bonchev–Trinajstić information content (AvgIpc) is 3.48. The highest BCUT2D eigenvalue weighted by atomic mass is 35.5. The maximum Gasteiger partial charge on any atom is 0.290 e. The van der Waals surface area contributed by atoms with Crippen molar-refractivity contribution >= 4 is 23.3 Å². The van der Waals surface area contributed by atoms with Crippen LogP contribution in [0.5, 0.6) is 11.5 Å². The minimum Gasteiger partial charge on any atom is -0.503 e. The van der Waals surface area contributed by atoms with Gasteiger partial charge >= 0.3 is 0 Å². The molecule has 188 valence electrons. The van der Waals surface area contributed by atoms with Crippen molar-refractivity contribution in [1.82, 2.24) is 14.5 Å². The topological polar surface area (TPSA) is 93.9 Å². The van der Waals surface area contributed by atoms with Gasteiger partial charge in [-0.3, -0.25) is 9.59 Å². The first-order valence-corrected chi connectivity index (χ1v) is 12.2. The normalized spacial score (nSPS) is 15.5. The Bertz CT molecular complexity index is 1250. The number of amides is 1. The molecule has 4 rings (SSSR count). The molecular formula is C27H28ClN3O5. The summed E-state index contributed by atoms with van der Waals surface area (Å²) in [5.41, 5.74) is 0.991. The van der Waals surface area contributed by atoms with E-state index in [-0.39, 0.29) is 5.57 Å². The number of halogens is 1. The van der Waals surface area contributed by atoms with E-state index in [1.807, 2.05) is 24.6 Å². The minimum absolute atomic E-state index is 0.0246. The summed E-state index contributed by atoms with van der Waals surface area (Å²) in [7, 11) is 0. The van der Waals surface area contributed by atoms with Gasteiger partial charge in [-0.1, -0.05) is 17.7 Å². The quantitative estimate of drug-likeness (QED) is 0.365. The molecule has 0 bridgehead atoms. The van der Waals surface area contributed by atoms with Gasteiger partial charge in [-0.2, -0.15) is 0 Å². The minimum atomic E-state index is -0.793. The highest BCUT2D eigenvalue weighted by molar-refractivity contribution is 6.30. The van der Waals surface area contributed by atoms with Gasteiger partial charge in [-0.05, 0) is 62.2 Å². The maximum atomic E-state index is 13.6. The zero-order chi connectivity index (χ0) is 25.7. The van der Waals surface area contributed by atoms with E-state index in [0.717, 1.165) is 0 Å². The summed E-state index contributed by atoms with van der Waals surface area (Å²) in [6.45, 7) is 5.57. The molecule has 0 radical (unpaired) electrons. The predicted molar refractivity (Wildman–Crippen MR) is 136 cm³/mol. The number of ketones is 1.